The van der Waals surface area contributed by atoms with Crippen LogP contribution in [0.3, 0.4) is 0 Å². The van der Waals surface area contributed by atoms with Gasteiger partial charge in [-0.1, -0.05) is 55.5 Å². The van der Waals surface area contributed by atoms with Crippen LogP contribution in [0.25, 0.3) is 0 Å². The van der Waals surface area contributed by atoms with E-state index in [1.807, 2.05) is 0 Å². The van der Waals surface area contributed by atoms with Crippen molar-refractivity contribution in [3.8, 4) is 0 Å². The number of para-hydroxylation sites is 1. The highest BCUT2D eigenvalue weighted by molar-refractivity contribution is 6.39. The van der Waals surface area contributed by atoms with Crippen LogP contribution in [0.5, 0.6) is 0 Å². The maximum absolute atomic E-state index is 6.02. The molecule has 3 N–H and O–H groups in total. The van der Waals surface area contributed by atoms with Crippen LogP contribution >= 0.6 is 23.2 Å². The zero-order chi connectivity index (χ0) is 13.4. The number of nitrogens with zero attached hydrogens (tertiary/aromatic N) is 1. The van der Waals surface area contributed by atoms with Gasteiger partial charge in [0.2, 0.25) is 0 Å². The summed E-state index contributed by atoms with van der Waals surface area (Å²) >= 11 is 12.0. The van der Waals surface area contributed by atoms with Crippen molar-refractivity contribution in [2.24, 2.45) is 10.7 Å². The van der Waals surface area contributed by atoms with Crippen LogP contribution in [0.2, 0.25) is 10.0 Å². The van der Waals surface area contributed by atoms with Crippen molar-refractivity contribution in [2.45, 2.75) is 32.6 Å². The van der Waals surface area contributed by atoms with Crippen molar-refractivity contribution >= 4 is 34.8 Å². The van der Waals surface area contributed by atoms with Crippen LogP contribution < -0.4 is 11.1 Å². The molecule has 18 heavy (non-hydrogen) atoms. The predicted octanol–water partition coefficient (Wildman–Crippen LogP) is 4.30. The van der Waals surface area contributed by atoms with Gasteiger partial charge in [0.25, 0.3) is 0 Å². The number of halogens is 2. The third kappa shape index (κ3) is 5.15. The number of anilines is 1. The van der Waals surface area contributed by atoms with E-state index in [1.54, 1.807) is 18.2 Å². The number of nitrogens with two attached hydrogens (primary N) is 1. The number of nitrogens with one attached hydrogen (secondary N) is 1. The molecule has 0 saturated heterocycles. The van der Waals surface area contributed by atoms with Gasteiger partial charge in [0.1, 0.15) is 0 Å². The SMILES string of the molecule is CCCCCCN=C(N)Nc1c(Cl)cccc1Cl. The summed E-state index contributed by atoms with van der Waals surface area (Å²) in [5, 5.41) is 4.00. The molecule has 3 nitrogen and oxygen atoms in total. The summed E-state index contributed by atoms with van der Waals surface area (Å²) in [4.78, 5) is 4.24. The smallest absolute Gasteiger partial charge is 0.193 e. The molecule has 0 heterocycles. The van der Waals surface area contributed by atoms with E-state index >= 15 is 0 Å². The van der Waals surface area contributed by atoms with E-state index in [0.29, 0.717) is 21.7 Å². The monoisotopic (exact) mass is 287 g/mol. The second-order valence-corrected chi connectivity index (χ2v) is 4.86. The molecule has 0 radical (unpaired) electrons. The van der Waals surface area contributed by atoms with E-state index in [0.717, 1.165) is 13.0 Å². The Morgan fingerprint density at radius 1 is 1.22 bits per heavy atom. The third-order valence-electron chi connectivity index (χ3n) is 2.51. The molecule has 5 heteroatoms. The molecule has 0 unspecified atom stereocenters. The number of unbranched alkanes of at least 4 members (excludes halogenated alkanes) is 3. The Hall–Kier alpha value is -0.930. The minimum atomic E-state index is 0.349. The lowest BCUT2D eigenvalue weighted by Gasteiger charge is -2.09. The summed E-state index contributed by atoms with van der Waals surface area (Å²) in [6.45, 7) is 2.90. The van der Waals surface area contributed by atoms with Gasteiger partial charge in [-0.2, -0.15) is 0 Å². The first-order valence-electron chi connectivity index (χ1n) is 6.16. The van der Waals surface area contributed by atoms with Crippen molar-refractivity contribution in [3.05, 3.63) is 28.2 Å². The van der Waals surface area contributed by atoms with E-state index in [1.165, 1.54) is 19.3 Å². The molecule has 0 fully saturated rings. The van der Waals surface area contributed by atoms with Crippen LogP contribution in [0.4, 0.5) is 5.69 Å². The second-order valence-electron chi connectivity index (χ2n) is 4.05. The Kier molecular flexibility index (Phi) is 6.91. The van der Waals surface area contributed by atoms with Gasteiger partial charge in [-0.3, -0.25) is 4.99 Å². The standard InChI is InChI=1S/C13H19Cl2N3/c1-2-3-4-5-9-17-13(16)18-12-10(14)7-6-8-11(12)15/h6-8H,2-5,9H2,1H3,(H3,16,17,18). The first-order chi connectivity index (χ1) is 8.65. The summed E-state index contributed by atoms with van der Waals surface area (Å²) in [7, 11) is 0. The Morgan fingerprint density at radius 3 is 2.50 bits per heavy atom. The Labute approximate surface area is 118 Å². The molecule has 0 aliphatic rings. The van der Waals surface area contributed by atoms with Gasteiger partial charge in [-0.25, -0.2) is 0 Å². The van der Waals surface area contributed by atoms with Gasteiger partial charge < -0.3 is 11.1 Å². The van der Waals surface area contributed by atoms with Crippen molar-refractivity contribution in [2.75, 3.05) is 11.9 Å². The molecule has 1 rings (SSSR count). The lowest BCUT2D eigenvalue weighted by atomic mass is 10.2. The van der Waals surface area contributed by atoms with Crippen LogP contribution in [0.1, 0.15) is 32.6 Å². The van der Waals surface area contributed by atoms with Gasteiger partial charge >= 0.3 is 0 Å². The molecule has 100 valence electrons. The highest BCUT2D eigenvalue weighted by atomic mass is 35.5. The average molecular weight is 288 g/mol. The minimum absolute atomic E-state index is 0.349. The number of benzene rings is 1. The van der Waals surface area contributed by atoms with Crippen molar-refractivity contribution in [3.63, 3.8) is 0 Å². The average Bonchev–Trinajstić information content (AvgIpc) is 2.34. The lowest BCUT2D eigenvalue weighted by molar-refractivity contribution is 0.675. The quantitative estimate of drug-likeness (QED) is 0.466. The van der Waals surface area contributed by atoms with Gasteiger partial charge in [0.05, 0.1) is 15.7 Å². The summed E-state index contributed by atoms with van der Waals surface area (Å²) in [5.74, 6) is 0.349. The van der Waals surface area contributed by atoms with E-state index in [-0.39, 0.29) is 0 Å². The minimum Gasteiger partial charge on any atom is -0.370 e. The van der Waals surface area contributed by atoms with Gasteiger partial charge in [0, 0.05) is 6.54 Å². The third-order valence-corrected chi connectivity index (χ3v) is 3.14. The molecule has 0 aliphatic carbocycles. The van der Waals surface area contributed by atoms with Crippen molar-refractivity contribution in [1.82, 2.24) is 0 Å². The first-order valence-corrected chi connectivity index (χ1v) is 6.91. The number of hydrogen-bond acceptors (Lipinski definition) is 1. The number of rotatable bonds is 6. The molecule has 0 bridgehead atoms. The maximum atomic E-state index is 6.02. The lowest BCUT2D eigenvalue weighted by Crippen LogP contribution is -2.23. The Bertz CT molecular complexity index is 385. The number of hydrogen-bond donors (Lipinski definition) is 2. The molecule has 0 aromatic heterocycles. The zero-order valence-electron chi connectivity index (χ0n) is 10.5. The predicted molar refractivity (Wildman–Crippen MR) is 80.7 cm³/mol. The van der Waals surface area contributed by atoms with Crippen LogP contribution in [0, 0.1) is 0 Å². The molecule has 1 aromatic rings. The summed E-state index contributed by atoms with van der Waals surface area (Å²) in [5.41, 5.74) is 6.39. The molecule has 0 spiro atoms. The van der Waals surface area contributed by atoms with Crippen LogP contribution in [-0.4, -0.2) is 12.5 Å². The summed E-state index contributed by atoms with van der Waals surface area (Å²) in [6, 6.07) is 5.29. The fourth-order valence-corrected chi connectivity index (χ4v) is 2.01. The normalized spacial score (nSPS) is 11.6. The van der Waals surface area contributed by atoms with Gasteiger partial charge in [-0.15, -0.1) is 0 Å². The van der Waals surface area contributed by atoms with E-state index < -0.39 is 0 Å². The fraction of sp³-hybridized carbons (Fsp3) is 0.462. The van der Waals surface area contributed by atoms with E-state index in [2.05, 4.69) is 17.2 Å². The molecular weight excluding hydrogens is 269 g/mol. The van der Waals surface area contributed by atoms with Gasteiger partial charge in [-0.05, 0) is 18.6 Å². The molecule has 1 aromatic carbocycles. The van der Waals surface area contributed by atoms with E-state index in [9.17, 15) is 0 Å². The number of aliphatic imine (C=N–C) groups is 1. The van der Waals surface area contributed by atoms with Crippen molar-refractivity contribution < 1.29 is 0 Å². The first kappa shape index (κ1) is 15.1. The fourth-order valence-electron chi connectivity index (χ4n) is 1.52. The second kappa shape index (κ2) is 8.22. The van der Waals surface area contributed by atoms with Gasteiger partial charge in [0.15, 0.2) is 5.96 Å². The maximum Gasteiger partial charge on any atom is 0.193 e. The topological polar surface area (TPSA) is 50.4 Å². The van der Waals surface area contributed by atoms with E-state index in [4.69, 9.17) is 28.9 Å². The Morgan fingerprint density at radius 2 is 1.89 bits per heavy atom. The van der Waals surface area contributed by atoms with Crippen LogP contribution in [0.15, 0.2) is 23.2 Å². The number of guanidine groups is 1. The highest BCUT2D eigenvalue weighted by Gasteiger charge is 2.05. The summed E-state index contributed by atoms with van der Waals surface area (Å²) in [6.07, 6.45) is 4.68. The highest BCUT2D eigenvalue weighted by Crippen LogP contribution is 2.29. The Balaban J connectivity index is 2.48. The molecular formula is C13H19Cl2N3. The van der Waals surface area contributed by atoms with Crippen molar-refractivity contribution in [1.29, 1.82) is 0 Å². The molecule has 0 amide bonds. The zero-order valence-corrected chi connectivity index (χ0v) is 12.1. The largest absolute Gasteiger partial charge is 0.370 e. The summed E-state index contributed by atoms with van der Waals surface area (Å²) < 4.78 is 0. The molecule has 0 aliphatic heterocycles. The molecule has 0 saturated carbocycles. The molecule has 0 atom stereocenters. The van der Waals surface area contributed by atoms with Crippen LogP contribution in [-0.2, 0) is 0 Å².